The molecule has 1 N–H and O–H groups in total. The molecular weight excluding hydrogens is 292 g/mol. The van der Waals surface area contributed by atoms with Crippen molar-refractivity contribution in [2.24, 2.45) is 0 Å². The molecule has 2 heterocycles. The molecule has 0 aliphatic carbocycles. The van der Waals surface area contributed by atoms with Crippen molar-refractivity contribution in [1.29, 1.82) is 0 Å². The fourth-order valence-electron chi connectivity index (χ4n) is 2.93. The van der Waals surface area contributed by atoms with Gasteiger partial charge < -0.3 is 24.3 Å². The molecule has 0 unspecified atom stereocenters. The molecule has 0 fully saturated rings. The monoisotopic (exact) mass is 318 g/mol. The Labute approximate surface area is 137 Å². The summed E-state index contributed by atoms with van der Waals surface area (Å²) in [4.78, 5) is 7.04. The lowest BCUT2D eigenvalue weighted by molar-refractivity contribution is 0.172. The van der Waals surface area contributed by atoms with Crippen molar-refractivity contribution in [3.8, 4) is 11.5 Å². The number of ether oxygens (including phenoxy) is 2. The number of nitrogens with zero attached hydrogens (tertiary/aromatic N) is 3. The summed E-state index contributed by atoms with van der Waals surface area (Å²) in [5.74, 6) is 2.76. The van der Waals surface area contributed by atoms with Crippen LogP contribution >= 0.6 is 0 Å². The molecule has 6 heteroatoms. The highest BCUT2D eigenvalue weighted by molar-refractivity contribution is 5.80. The highest BCUT2D eigenvalue weighted by Gasteiger charge is 2.17. The van der Waals surface area contributed by atoms with Crippen LogP contribution < -0.4 is 14.8 Å². The molecule has 6 nitrogen and oxygen atoms in total. The average Bonchev–Trinajstić information content (AvgIpc) is 2.87. The van der Waals surface area contributed by atoms with Gasteiger partial charge in [0.2, 0.25) is 0 Å². The first-order valence-corrected chi connectivity index (χ1v) is 8.27. The predicted octanol–water partition coefficient (Wildman–Crippen LogP) is 1.52. The van der Waals surface area contributed by atoms with Crippen LogP contribution in [0.4, 0.5) is 0 Å². The molecule has 0 bridgehead atoms. The fraction of sp³-hybridized carbons (Fsp3) is 0.588. The number of imidazole rings is 1. The quantitative estimate of drug-likeness (QED) is 0.839. The van der Waals surface area contributed by atoms with E-state index in [-0.39, 0.29) is 0 Å². The maximum absolute atomic E-state index is 5.73. The Hall–Kier alpha value is -1.79. The lowest BCUT2D eigenvalue weighted by Crippen LogP contribution is -2.18. The van der Waals surface area contributed by atoms with Gasteiger partial charge in [0.05, 0.1) is 11.0 Å². The van der Waals surface area contributed by atoms with Crippen molar-refractivity contribution in [3.05, 3.63) is 18.0 Å². The minimum Gasteiger partial charge on any atom is -0.486 e. The van der Waals surface area contributed by atoms with E-state index in [1.807, 2.05) is 13.1 Å². The van der Waals surface area contributed by atoms with Crippen LogP contribution in [0.1, 0.15) is 12.2 Å². The number of nitrogens with one attached hydrogen (secondary N) is 1. The number of benzene rings is 1. The van der Waals surface area contributed by atoms with E-state index in [4.69, 9.17) is 14.5 Å². The van der Waals surface area contributed by atoms with Crippen molar-refractivity contribution in [3.63, 3.8) is 0 Å². The van der Waals surface area contributed by atoms with Gasteiger partial charge in [-0.3, -0.25) is 0 Å². The van der Waals surface area contributed by atoms with Gasteiger partial charge in [0.15, 0.2) is 11.5 Å². The van der Waals surface area contributed by atoms with Crippen molar-refractivity contribution in [1.82, 2.24) is 19.8 Å². The van der Waals surface area contributed by atoms with E-state index in [0.29, 0.717) is 13.2 Å². The molecule has 0 saturated carbocycles. The normalized spacial score (nSPS) is 13.9. The van der Waals surface area contributed by atoms with Crippen LogP contribution in [-0.4, -0.2) is 61.9 Å². The van der Waals surface area contributed by atoms with E-state index in [9.17, 15) is 0 Å². The maximum Gasteiger partial charge on any atom is 0.163 e. The Kier molecular flexibility index (Phi) is 5.03. The van der Waals surface area contributed by atoms with Gasteiger partial charge in [0, 0.05) is 31.6 Å². The second-order valence-electron chi connectivity index (χ2n) is 6.17. The molecule has 3 rings (SSSR count). The summed E-state index contributed by atoms with van der Waals surface area (Å²) in [5.41, 5.74) is 2.13. The number of hydrogen-bond acceptors (Lipinski definition) is 5. The second-order valence-corrected chi connectivity index (χ2v) is 6.17. The number of aryl methyl sites for hydroxylation is 1. The highest BCUT2D eigenvalue weighted by Crippen LogP contribution is 2.34. The Balaban J connectivity index is 1.94. The lowest BCUT2D eigenvalue weighted by atomic mass is 10.2. The van der Waals surface area contributed by atoms with Gasteiger partial charge in [-0.15, -0.1) is 0 Å². The van der Waals surface area contributed by atoms with Crippen LogP contribution in [0.15, 0.2) is 12.1 Å². The van der Waals surface area contributed by atoms with Gasteiger partial charge in [0.1, 0.15) is 19.0 Å². The average molecular weight is 318 g/mol. The summed E-state index contributed by atoms with van der Waals surface area (Å²) in [7, 11) is 6.18. The Bertz CT molecular complexity index is 666. The topological polar surface area (TPSA) is 51.6 Å². The third-order valence-corrected chi connectivity index (χ3v) is 4.08. The van der Waals surface area contributed by atoms with Crippen molar-refractivity contribution < 1.29 is 9.47 Å². The van der Waals surface area contributed by atoms with Crippen molar-refractivity contribution in [2.75, 3.05) is 47.4 Å². The maximum atomic E-state index is 5.73. The number of hydrogen-bond donors (Lipinski definition) is 1. The van der Waals surface area contributed by atoms with Crippen LogP contribution in [-0.2, 0) is 13.0 Å². The zero-order valence-electron chi connectivity index (χ0n) is 14.3. The van der Waals surface area contributed by atoms with Gasteiger partial charge in [-0.05, 0) is 34.1 Å². The Morgan fingerprint density at radius 1 is 1.22 bits per heavy atom. The highest BCUT2D eigenvalue weighted by atomic mass is 16.6. The van der Waals surface area contributed by atoms with Crippen LogP contribution in [0.5, 0.6) is 11.5 Å². The molecule has 1 aromatic carbocycles. The molecule has 1 aromatic heterocycles. The molecule has 0 spiro atoms. The molecule has 0 amide bonds. The zero-order chi connectivity index (χ0) is 16.2. The first kappa shape index (κ1) is 16.1. The van der Waals surface area contributed by atoms with Gasteiger partial charge in [0.25, 0.3) is 0 Å². The lowest BCUT2D eigenvalue weighted by Gasteiger charge is -2.18. The number of rotatable bonds is 7. The molecule has 1 aliphatic rings. The summed E-state index contributed by atoms with van der Waals surface area (Å²) in [5, 5.41) is 3.21. The largest absolute Gasteiger partial charge is 0.486 e. The van der Waals surface area contributed by atoms with Gasteiger partial charge in [-0.25, -0.2) is 4.98 Å². The second kappa shape index (κ2) is 7.19. The van der Waals surface area contributed by atoms with Gasteiger partial charge in [-0.1, -0.05) is 0 Å². The standard InChI is InChI=1S/C17H26N4O2/c1-18-6-5-17-19-13-11-15-16(23-10-9-22-15)12-14(13)21(17)8-4-7-20(2)3/h11-12,18H,4-10H2,1-3H3. The molecule has 0 saturated heterocycles. The number of fused-ring (bicyclic) bond motifs is 2. The van der Waals surface area contributed by atoms with Crippen LogP contribution in [0.3, 0.4) is 0 Å². The summed E-state index contributed by atoms with van der Waals surface area (Å²) in [6.45, 7) is 4.17. The SMILES string of the molecule is CNCCc1nc2cc3c(cc2n1CCCN(C)C)OCCO3. The van der Waals surface area contributed by atoms with Crippen LogP contribution in [0.2, 0.25) is 0 Å². The minimum atomic E-state index is 0.606. The third kappa shape index (κ3) is 3.59. The first-order valence-electron chi connectivity index (χ1n) is 8.27. The smallest absolute Gasteiger partial charge is 0.163 e. The Morgan fingerprint density at radius 3 is 2.65 bits per heavy atom. The molecule has 2 aromatic rings. The van der Waals surface area contributed by atoms with E-state index >= 15 is 0 Å². The molecule has 1 aliphatic heterocycles. The summed E-state index contributed by atoms with van der Waals surface area (Å²) in [6.07, 6.45) is 2.01. The summed E-state index contributed by atoms with van der Waals surface area (Å²) < 4.78 is 13.7. The van der Waals surface area contributed by atoms with Crippen molar-refractivity contribution in [2.45, 2.75) is 19.4 Å². The Morgan fingerprint density at radius 2 is 1.96 bits per heavy atom. The van der Waals surface area contributed by atoms with Crippen LogP contribution in [0, 0.1) is 0 Å². The number of likely N-dealkylation sites (N-methyl/N-ethyl adjacent to an activating group) is 1. The first-order chi connectivity index (χ1) is 11.2. The van der Waals surface area contributed by atoms with E-state index < -0.39 is 0 Å². The third-order valence-electron chi connectivity index (χ3n) is 4.08. The molecule has 0 radical (unpaired) electrons. The minimum absolute atomic E-state index is 0.606. The number of aromatic nitrogens is 2. The zero-order valence-corrected chi connectivity index (χ0v) is 14.3. The van der Waals surface area contributed by atoms with E-state index in [1.165, 1.54) is 0 Å². The predicted molar refractivity (Wildman–Crippen MR) is 91.5 cm³/mol. The van der Waals surface area contributed by atoms with E-state index in [2.05, 4.69) is 34.9 Å². The van der Waals surface area contributed by atoms with E-state index in [0.717, 1.165) is 60.8 Å². The fourth-order valence-corrected chi connectivity index (χ4v) is 2.93. The van der Waals surface area contributed by atoms with Crippen LogP contribution in [0.25, 0.3) is 11.0 Å². The molecule has 23 heavy (non-hydrogen) atoms. The summed E-state index contributed by atoms with van der Waals surface area (Å²) >= 11 is 0. The molecule has 0 atom stereocenters. The van der Waals surface area contributed by atoms with E-state index in [1.54, 1.807) is 0 Å². The summed E-state index contributed by atoms with van der Waals surface area (Å²) in [6, 6.07) is 4.09. The van der Waals surface area contributed by atoms with Gasteiger partial charge >= 0.3 is 0 Å². The van der Waals surface area contributed by atoms with Crippen molar-refractivity contribution >= 4 is 11.0 Å². The van der Waals surface area contributed by atoms with Gasteiger partial charge in [-0.2, -0.15) is 0 Å². The molecule has 126 valence electrons. The molecular formula is C17H26N4O2.